The van der Waals surface area contributed by atoms with Crippen molar-refractivity contribution < 1.29 is 9.53 Å². The second-order valence-electron chi connectivity index (χ2n) is 4.83. The van der Waals surface area contributed by atoms with Crippen molar-refractivity contribution in [3.63, 3.8) is 0 Å². The summed E-state index contributed by atoms with van der Waals surface area (Å²) in [5.41, 5.74) is 0.626. The van der Waals surface area contributed by atoms with Gasteiger partial charge >= 0.3 is 0 Å². The standard InChI is InChI=1S/C15H22ClNO2/c1-5-6-11(2)17(3)10-14(18)12-7-8-15(19-4)13(16)9-12/h7-9,11H,5-6,10H2,1-4H3. The number of halogens is 1. The highest BCUT2D eigenvalue weighted by Crippen LogP contribution is 2.25. The van der Waals surface area contributed by atoms with Crippen LogP contribution in [-0.4, -0.2) is 37.4 Å². The van der Waals surface area contributed by atoms with E-state index in [0.29, 0.717) is 28.9 Å². The Bertz CT molecular complexity index is 434. The topological polar surface area (TPSA) is 29.5 Å². The Morgan fingerprint density at radius 1 is 1.47 bits per heavy atom. The van der Waals surface area contributed by atoms with E-state index < -0.39 is 0 Å². The summed E-state index contributed by atoms with van der Waals surface area (Å²) in [6, 6.07) is 5.56. The molecule has 19 heavy (non-hydrogen) atoms. The van der Waals surface area contributed by atoms with Gasteiger partial charge in [0.05, 0.1) is 18.7 Å². The summed E-state index contributed by atoms with van der Waals surface area (Å²) in [5, 5.41) is 0.470. The van der Waals surface area contributed by atoms with E-state index in [1.54, 1.807) is 25.3 Å². The molecule has 0 saturated heterocycles. The number of Topliss-reactive ketones (excluding diaryl/α,β-unsaturated/α-hetero) is 1. The number of nitrogens with zero attached hydrogens (tertiary/aromatic N) is 1. The molecule has 0 spiro atoms. The highest BCUT2D eigenvalue weighted by atomic mass is 35.5. The molecule has 0 saturated carbocycles. The van der Waals surface area contributed by atoms with Crippen LogP contribution in [0.2, 0.25) is 5.02 Å². The van der Waals surface area contributed by atoms with Gasteiger partial charge in [0.25, 0.3) is 0 Å². The molecule has 0 radical (unpaired) electrons. The predicted molar refractivity (Wildman–Crippen MR) is 79.3 cm³/mol. The minimum atomic E-state index is 0.0787. The summed E-state index contributed by atoms with van der Waals surface area (Å²) in [5.74, 6) is 0.668. The summed E-state index contributed by atoms with van der Waals surface area (Å²) >= 11 is 6.03. The van der Waals surface area contributed by atoms with Crippen LogP contribution in [-0.2, 0) is 0 Å². The van der Waals surface area contributed by atoms with Gasteiger partial charge in [0.15, 0.2) is 5.78 Å². The van der Waals surface area contributed by atoms with Gasteiger partial charge in [-0.15, -0.1) is 0 Å². The molecule has 0 aliphatic heterocycles. The molecule has 0 heterocycles. The molecule has 0 aromatic heterocycles. The van der Waals surface area contributed by atoms with Crippen molar-refractivity contribution in [1.82, 2.24) is 4.90 Å². The number of ketones is 1. The number of likely N-dealkylation sites (N-methyl/N-ethyl adjacent to an activating group) is 1. The first-order chi connectivity index (χ1) is 8.99. The largest absolute Gasteiger partial charge is 0.495 e. The smallest absolute Gasteiger partial charge is 0.176 e. The van der Waals surface area contributed by atoms with Crippen LogP contribution in [0.1, 0.15) is 37.0 Å². The number of hydrogen-bond acceptors (Lipinski definition) is 3. The molecule has 106 valence electrons. The van der Waals surface area contributed by atoms with Gasteiger partial charge in [0, 0.05) is 11.6 Å². The second-order valence-corrected chi connectivity index (χ2v) is 5.23. The number of rotatable bonds is 7. The van der Waals surface area contributed by atoms with E-state index in [9.17, 15) is 4.79 Å². The van der Waals surface area contributed by atoms with E-state index in [2.05, 4.69) is 18.7 Å². The Balaban J connectivity index is 2.70. The number of methoxy groups -OCH3 is 1. The molecule has 0 aliphatic carbocycles. The summed E-state index contributed by atoms with van der Waals surface area (Å²) in [6.45, 7) is 4.69. The van der Waals surface area contributed by atoms with Gasteiger partial charge < -0.3 is 4.74 Å². The van der Waals surface area contributed by atoms with Crippen molar-refractivity contribution in [3.8, 4) is 5.75 Å². The van der Waals surface area contributed by atoms with E-state index >= 15 is 0 Å². The molecule has 4 heteroatoms. The zero-order chi connectivity index (χ0) is 14.4. The Morgan fingerprint density at radius 2 is 2.16 bits per heavy atom. The maximum Gasteiger partial charge on any atom is 0.176 e. The number of benzene rings is 1. The Kier molecular flexibility index (Phi) is 6.32. The predicted octanol–water partition coefficient (Wildman–Crippen LogP) is 3.65. The molecule has 0 bridgehead atoms. The van der Waals surface area contributed by atoms with Crippen molar-refractivity contribution in [2.24, 2.45) is 0 Å². The van der Waals surface area contributed by atoms with Crippen LogP contribution < -0.4 is 4.74 Å². The van der Waals surface area contributed by atoms with Gasteiger partial charge in [0.2, 0.25) is 0 Å². The van der Waals surface area contributed by atoms with Crippen LogP contribution in [0.25, 0.3) is 0 Å². The Hall–Kier alpha value is -1.06. The lowest BCUT2D eigenvalue weighted by Gasteiger charge is -2.23. The van der Waals surface area contributed by atoms with E-state index in [1.165, 1.54) is 0 Å². The lowest BCUT2D eigenvalue weighted by atomic mass is 10.1. The minimum absolute atomic E-state index is 0.0787. The third-order valence-corrected chi connectivity index (χ3v) is 3.62. The van der Waals surface area contributed by atoms with E-state index in [0.717, 1.165) is 12.8 Å². The molecule has 1 aromatic rings. The summed E-state index contributed by atoms with van der Waals surface area (Å²) in [4.78, 5) is 14.2. The maximum atomic E-state index is 12.2. The molecular weight excluding hydrogens is 262 g/mol. The lowest BCUT2D eigenvalue weighted by Crippen LogP contribution is -2.33. The third-order valence-electron chi connectivity index (χ3n) is 3.33. The summed E-state index contributed by atoms with van der Waals surface area (Å²) in [6.07, 6.45) is 2.21. The summed E-state index contributed by atoms with van der Waals surface area (Å²) < 4.78 is 5.08. The fraction of sp³-hybridized carbons (Fsp3) is 0.533. The molecule has 1 unspecified atom stereocenters. The third kappa shape index (κ3) is 4.51. The lowest BCUT2D eigenvalue weighted by molar-refractivity contribution is 0.0921. The number of ether oxygens (including phenoxy) is 1. The van der Waals surface area contributed by atoms with E-state index in [-0.39, 0.29) is 5.78 Å². The Labute approximate surface area is 120 Å². The Morgan fingerprint density at radius 3 is 2.68 bits per heavy atom. The average Bonchev–Trinajstić information content (AvgIpc) is 2.38. The van der Waals surface area contributed by atoms with Crippen molar-refractivity contribution in [1.29, 1.82) is 0 Å². The quantitative estimate of drug-likeness (QED) is 0.716. The second kappa shape index (κ2) is 7.51. The van der Waals surface area contributed by atoms with Crippen LogP contribution >= 0.6 is 11.6 Å². The highest BCUT2D eigenvalue weighted by Gasteiger charge is 2.15. The van der Waals surface area contributed by atoms with Crippen LogP contribution in [0.4, 0.5) is 0 Å². The number of hydrogen-bond donors (Lipinski definition) is 0. The van der Waals surface area contributed by atoms with Crippen molar-refractivity contribution in [2.45, 2.75) is 32.7 Å². The molecule has 1 aromatic carbocycles. The van der Waals surface area contributed by atoms with Gasteiger partial charge in [-0.3, -0.25) is 9.69 Å². The van der Waals surface area contributed by atoms with Gasteiger partial charge in [-0.1, -0.05) is 24.9 Å². The van der Waals surface area contributed by atoms with Crippen LogP contribution in [0.15, 0.2) is 18.2 Å². The van der Waals surface area contributed by atoms with Crippen molar-refractivity contribution >= 4 is 17.4 Å². The minimum Gasteiger partial charge on any atom is -0.495 e. The van der Waals surface area contributed by atoms with Gasteiger partial charge in [-0.05, 0) is 38.6 Å². The average molecular weight is 284 g/mol. The molecule has 3 nitrogen and oxygen atoms in total. The molecule has 0 amide bonds. The molecule has 0 fully saturated rings. The molecular formula is C15H22ClNO2. The molecule has 0 aliphatic rings. The number of carbonyl (C=O) groups is 1. The van der Waals surface area contributed by atoms with Crippen molar-refractivity contribution in [3.05, 3.63) is 28.8 Å². The number of carbonyl (C=O) groups excluding carboxylic acids is 1. The zero-order valence-corrected chi connectivity index (χ0v) is 12.8. The van der Waals surface area contributed by atoms with E-state index in [4.69, 9.17) is 16.3 Å². The normalized spacial score (nSPS) is 12.5. The first kappa shape index (κ1) is 16.0. The first-order valence-electron chi connectivity index (χ1n) is 6.56. The SMILES string of the molecule is CCCC(C)N(C)CC(=O)c1ccc(OC)c(Cl)c1. The van der Waals surface area contributed by atoms with Gasteiger partial charge in [-0.25, -0.2) is 0 Å². The molecule has 1 rings (SSSR count). The van der Waals surface area contributed by atoms with E-state index in [1.807, 2.05) is 7.05 Å². The molecule has 0 N–H and O–H groups in total. The highest BCUT2D eigenvalue weighted by molar-refractivity contribution is 6.32. The van der Waals surface area contributed by atoms with Gasteiger partial charge in [-0.2, -0.15) is 0 Å². The van der Waals surface area contributed by atoms with Crippen LogP contribution in [0, 0.1) is 0 Å². The fourth-order valence-electron chi connectivity index (χ4n) is 1.95. The van der Waals surface area contributed by atoms with Crippen LogP contribution in [0.5, 0.6) is 5.75 Å². The molecule has 1 atom stereocenters. The fourth-order valence-corrected chi connectivity index (χ4v) is 2.21. The monoisotopic (exact) mass is 283 g/mol. The summed E-state index contributed by atoms with van der Waals surface area (Å²) in [7, 11) is 3.53. The maximum absolute atomic E-state index is 12.2. The van der Waals surface area contributed by atoms with Crippen molar-refractivity contribution in [2.75, 3.05) is 20.7 Å². The van der Waals surface area contributed by atoms with Gasteiger partial charge in [0.1, 0.15) is 5.75 Å². The van der Waals surface area contributed by atoms with Crippen LogP contribution in [0.3, 0.4) is 0 Å². The zero-order valence-electron chi connectivity index (χ0n) is 12.1. The first-order valence-corrected chi connectivity index (χ1v) is 6.94.